The first-order valence-electron chi connectivity index (χ1n) is 5.60. The van der Waals surface area contributed by atoms with Gasteiger partial charge in [-0.25, -0.2) is 0 Å². The van der Waals surface area contributed by atoms with Gasteiger partial charge >= 0.3 is 46.1 Å². The normalized spacial score (nSPS) is 11.6. The van der Waals surface area contributed by atoms with Crippen molar-refractivity contribution in [1.29, 1.82) is 0 Å². The third kappa shape index (κ3) is 5.29. The van der Waals surface area contributed by atoms with Crippen molar-refractivity contribution in [2.24, 2.45) is 0 Å². The average molecular weight is 342 g/mol. The van der Waals surface area contributed by atoms with Crippen molar-refractivity contribution in [3.8, 4) is 16.9 Å². The fourth-order valence-corrected chi connectivity index (χ4v) is 2.05. The fraction of sp³-hybridized carbons (Fsp3) is 0.0769. The van der Waals surface area contributed by atoms with Gasteiger partial charge in [0.2, 0.25) is 0 Å². The zero-order valence-corrected chi connectivity index (χ0v) is 11.1. The molecule has 0 saturated carbocycles. The first kappa shape index (κ1) is 19.0. The molecule has 4 nitrogen and oxygen atoms in total. The third-order valence-corrected chi connectivity index (χ3v) is 2.98. The van der Waals surface area contributed by atoms with E-state index in [9.17, 15) is 21.6 Å². The molecule has 22 heavy (non-hydrogen) atoms. The van der Waals surface area contributed by atoms with Gasteiger partial charge in [-0.15, -0.1) is 0 Å². The van der Waals surface area contributed by atoms with Crippen LogP contribution < -0.4 is 4.18 Å². The molecule has 0 spiro atoms. The Morgan fingerprint density at radius 2 is 1.55 bits per heavy atom. The number of alkyl halides is 3. The van der Waals surface area contributed by atoms with Gasteiger partial charge in [-0.2, -0.15) is 21.6 Å². The Balaban J connectivity index is 0.00000242. The van der Waals surface area contributed by atoms with E-state index in [0.29, 0.717) is 11.1 Å². The van der Waals surface area contributed by atoms with E-state index in [1.807, 2.05) is 0 Å². The number of halogens is 3. The molecule has 114 valence electrons. The summed E-state index contributed by atoms with van der Waals surface area (Å²) in [6.07, 6.45) is -4.42. The minimum absolute atomic E-state index is 0. The van der Waals surface area contributed by atoms with E-state index in [1.54, 1.807) is 6.07 Å². The maximum atomic E-state index is 12.5. The fourth-order valence-electron chi connectivity index (χ4n) is 1.70. The van der Waals surface area contributed by atoms with Crippen LogP contribution in [0.3, 0.4) is 0 Å². The molecule has 2 aromatic rings. The van der Waals surface area contributed by atoms with Crippen molar-refractivity contribution in [2.45, 2.75) is 6.18 Å². The zero-order valence-electron chi connectivity index (χ0n) is 10.3. The van der Waals surface area contributed by atoms with E-state index in [2.05, 4.69) is 4.18 Å². The number of rotatable bonds is 3. The molecule has 0 aliphatic carbocycles. The van der Waals surface area contributed by atoms with Crippen molar-refractivity contribution in [1.82, 2.24) is 0 Å². The van der Waals surface area contributed by atoms with Crippen LogP contribution in [0.5, 0.6) is 5.75 Å². The van der Waals surface area contributed by atoms with E-state index in [4.69, 9.17) is 4.55 Å². The van der Waals surface area contributed by atoms with Crippen LogP contribution in [-0.2, 0) is 16.6 Å². The van der Waals surface area contributed by atoms with E-state index >= 15 is 0 Å². The van der Waals surface area contributed by atoms with Crippen LogP contribution in [0.2, 0.25) is 0 Å². The second-order valence-corrected chi connectivity index (χ2v) is 5.14. The van der Waals surface area contributed by atoms with E-state index in [1.165, 1.54) is 30.3 Å². The molecule has 0 aliphatic heterocycles. The predicted octanol–water partition coefficient (Wildman–Crippen LogP) is 2.91. The van der Waals surface area contributed by atoms with Crippen LogP contribution >= 0.6 is 0 Å². The molecule has 0 bridgehead atoms. The molecule has 0 saturated heterocycles. The summed E-state index contributed by atoms with van der Waals surface area (Å²) in [6, 6.07) is 9.97. The average Bonchev–Trinajstić information content (AvgIpc) is 2.36. The quantitative estimate of drug-likeness (QED) is 0.688. The SMILES string of the molecule is O=S(=O)(O)Oc1cccc(-c2ccc(C(F)(F)F)cc2)c1.[NaH]. The molecule has 0 unspecified atom stereocenters. The van der Waals surface area contributed by atoms with Gasteiger partial charge in [0, 0.05) is 0 Å². The first-order valence-corrected chi connectivity index (χ1v) is 6.96. The second kappa shape index (κ2) is 7.01. The second-order valence-electron chi connectivity index (χ2n) is 4.11. The molecule has 2 aromatic carbocycles. The van der Waals surface area contributed by atoms with Gasteiger partial charge in [-0.1, -0.05) is 24.3 Å². The molecule has 0 aliphatic rings. The van der Waals surface area contributed by atoms with Crippen LogP contribution in [0.4, 0.5) is 13.2 Å². The Hall–Kier alpha value is -1.06. The van der Waals surface area contributed by atoms with Gasteiger partial charge in [0.15, 0.2) is 0 Å². The maximum absolute atomic E-state index is 12.5. The molecule has 0 amide bonds. The molecule has 1 N–H and O–H groups in total. The van der Waals surface area contributed by atoms with Crippen LogP contribution in [0.25, 0.3) is 11.1 Å². The number of benzene rings is 2. The van der Waals surface area contributed by atoms with Crippen molar-refractivity contribution in [3.05, 3.63) is 54.1 Å². The Labute approximate surface area is 147 Å². The molecular formula is C13H10F3NaO4S. The van der Waals surface area contributed by atoms with Crippen LogP contribution in [0, 0.1) is 0 Å². The van der Waals surface area contributed by atoms with Crippen molar-refractivity contribution < 1.29 is 30.3 Å². The molecular weight excluding hydrogens is 332 g/mol. The molecule has 2 rings (SSSR count). The summed E-state index contributed by atoms with van der Waals surface area (Å²) in [5.74, 6) is -0.144. The van der Waals surface area contributed by atoms with Crippen molar-refractivity contribution >= 4 is 40.0 Å². The molecule has 0 radical (unpaired) electrons. The van der Waals surface area contributed by atoms with Gasteiger partial charge in [0.05, 0.1) is 5.56 Å². The van der Waals surface area contributed by atoms with Gasteiger partial charge in [-0.05, 0) is 35.4 Å². The Morgan fingerprint density at radius 3 is 2.05 bits per heavy atom. The van der Waals surface area contributed by atoms with Crippen molar-refractivity contribution in [3.63, 3.8) is 0 Å². The monoisotopic (exact) mass is 342 g/mol. The minimum atomic E-state index is -4.65. The van der Waals surface area contributed by atoms with Crippen LogP contribution in [0.1, 0.15) is 5.56 Å². The summed E-state index contributed by atoms with van der Waals surface area (Å²) < 4.78 is 71.5. The van der Waals surface area contributed by atoms with Crippen LogP contribution in [-0.4, -0.2) is 42.5 Å². The molecule has 0 aromatic heterocycles. The van der Waals surface area contributed by atoms with E-state index < -0.39 is 22.1 Å². The van der Waals surface area contributed by atoms with Crippen LogP contribution in [0.15, 0.2) is 48.5 Å². The van der Waals surface area contributed by atoms with Gasteiger partial charge < -0.3 is 4.18 Å². The topological polar surface area (TPSA) is 63.6 Å². The molecule has 9 heteroatoms. The molecule has 0 atom stereocenters. The summed E-state index contributed by atoms with van der Waals surface area (Å²) in [6.45, 7) is 0. The number of hydrogen-bond donors (Lipinski definition) is 1. The standard InChI is InChI=1S/C13H9F3O4S.Na.H/c14-13(15,16)11-6-4-9(5-7-11)10-2-1-3-12(8-10)20-21(17,18)19;;/h1-8H,(H,17,18,19);;. The predicted molar refractivity (Wildman–Crippen MR) is 76.2 cm³/mol. The Bertz CT molecular complexity index is 743. The number of hydrogen-bond acceptors (Lipinski definition) is 3. The summed E-state index contributed by atoms with van der Waals surface area (Å²) in [4.78, 5) is 0. The first-order chi connectivity index (χ1) is 9.65. The van der Waals surface area contributed by atoms with E-state index in [-0.39, 0.29) is 35.3 Å². The Morgan fingerprint density at radius 1 is 0.955 bits per heavy atom. The summed E-state index contributed by atoms with van der Waals surface area (Å²) in [7, 11) is -4.65. The summed E-state index contributed by atoms with van der Waals surface area (Å²) in [5.41, 5.74) is 0.116. The summed E-state index contributed by atoms with van der Waals surface area (Å²) in [5, 5.41) is 0. The molecule has 0 heterocycles. The third-order valence-electron chi connectivity index (χ3n) is 2.58. The molecule has 0 fully saturated rings. The van der Waals surface area contributed by atoms with E-state index in [0.717, 1.165) is 12.1 Å². The van der Waals surface area contributed by atoms with Gasteiger partial charge in [0.25, 0.3) is 0 Å². The summed E-state index contributed by atoms with van der Waals surface area (Å²) >= 11 is 0. The Kier molecular flexibility index (Phi) is 6.05. The van der Waals surface area contributed by atoms with Crippen molar-refractivity contribution in [2.75, 3.05) is 0 Å². The van der Waals surface area contributed by atoms with Gasteiger partial charge in [-0.3, -0.25) is 4.55 Å². The zero-order chi connectivity index (χ0) is 15.7. The van der Waals surface area contributed by atoms with Gasteiger partial charge in [0.1, 0.15) is 5.75 Å².